The van der Waals surface area contributed by atoms with Crippen LogP contribution in [0, 0.1) is 6.92 Å². The summed E-state index contributed by atoms with van der Waals surface area (Å²) in [6.45, 7) is 8.75. The topological polar surface area (TPSA) is 38.0 Å². The van der Waals surface area contributed by atoms with Crippen LogP contribution in [-0.2, 0) is 5.41 Å². The molecule has 0 amide bonds. The zero-order valence-corrected chi connectivity index (χ0v) is 12.1. The second-order valence-corrected chi connectivity index (χ2v) is 5.93. The van der Waals surface area contributed by atoms with Gasteiger partial charge in [-0.05, 0) is 46.3 Å². The molecule has 2 heteroatoms. The van der Waals surface area contributed by atoms with E-state index in [1.807, 2.05) is 18.2 Å². The van der Waals surface area contributed by atoms with Gasteiger partial charge in [0.1, 0.15) is 5.69 Å². The fourth-order valence-electron chi connectivity index (χ4n) is 2.21. The van der Waals surface area contributed by atoms with E-state index in [4.69, 9.17) is 5.53 Å². The lowest BCUT2D eigenvalue weighted by molar-refractivity contribution is -0.210. The van der Waals surface area contributed by atoms with Crippen molar-refractivity contribution in [3.63, 3.8) is 0 Å². The predicted octanol–water partition coefficient (Wildman–Crippen LogP) is 3.80. The van der Waals surface area contributed by atoms with Crippen LogP contribution in [0.15, 0.2) is 47.6 Å². The maximum absolute atomic E-state index is 5.52. The highest BCUT2D eigenvalue weighted by Crippen LogP contribution is 2.35. The molecule has 0 saturated heterocycles. The second-order valence-electron chi connectivity index (χ2n) is 5.93. The van der Waals surface area contributed by atoms with Gasteiger partial charge in [-0.25, -0.2) is 0 Å². The molecule has 2 N–H and O–H groups in total. The highest BCUT2D eigenvalue weighted by molar-refractivity contribution is 5.78. The standard InChI is InChI=1S/C17H20N2/c1-12-7-5-6-8-14(12)15-11-13(17(2,3)4)9-10-16(15)19-18/h5-11,18H,1-4H3/p+1. The number of hydrogen-bond donors (Lipinski definition) is 1. The molecule has 0 unspecified atom stereocenters. The van der Waals surface area contributed by atoms with Crippen molar-refractivity contribution in [2.24, 2.45) is 5.11 Å². The van der Waals surface area contributed by atoms with E-state index in [0.29, 0.717) is 0 Å². The molecule has 19 heavy (non-hydrogen) atoms. The third kappa shape index (κ3) is 2.73. The first-order valence-corrected chi connectivity index (χ1v) is 6.55. The maximum atomic E-state index is 5.52. The lowest BCUT2D eigenvalue weighted by atomic mass is 9.84. The van der Waals surface area contributed by atoms with Gasteiger partial charge in [-0.15, -0.1) is 0 Å². The zero-order valence-electron chi connectivity index (χ0n) is 12.1. The van der Waals surface area contributed by atoms with Crippen LogP contribution in [0.25, 0.3) is 11.1 Å². The second kappa shape index (κ2) is 4.96. The summed E-state index contributed by atoms with van der Waals surface area (Å²) in [5, 5.41) is 3.91. The molecule has 0 radical (unpaired) electrons. The van der Waals surface area contributed by atoms with E-state index in [0.717, 1.165) is 11.3 Å². The van der Waals surface area contributed by atoms with Gasteiger partial charge in [-0.1, -0.05) is 51.1 Å². The summed E-state index contributed by atoms with van der Waals surface area (Å²) < 4.78 is 0. The molecule has 0 heterocycles. The summed E-state index contributed by atoms with van der Waals surface area (Å²) in [6.07, 6.45) is 0. The monoisotopic (exact) mass is 253 g/mol. The number of rotatable bonds is 2. The molecule has 0 aromatic heterocycles. The number of aryl methyl sites for hydroxylation is 1. The van der Waals surface area contributed by atoms with Gasteiger partial charge in [-0.2, -0.15) is 5.53 Å². The molecule has 0 aliphatic carbocycles. The normalized spacial score (nSPS) is 11.4. The summed E-state index contributed by atoms with van der Waals surface area (Å²) in [6, 6.07) is 14.6. The highest BCUT2D eigenvalue weighted by atomic mass is 15.0. The largest absolute Gasteiger partial charge is 0.152 e. The van der Waals surface area contributed by atoms with E-state index in [1.165, 1.54) is 16.7 Å². The molecule has 0 bridgehead atoms. The minimum Gasteiger partial charge on any atom is -0.152 e. The summed E-state index contributed by atoms with van der Waals surface area (Å²) >= 11 is 0. The van der Waals surface area contributed by atoms with Crippen LogP contribution in [0.1, 0.15) is 31.9 Å². The van der Waals surface area contributed by atoms with Crippen LogP contribution < -0.4 is 5.53 Å². The molecule has 0 aliphatic rings. The van der Waals surface area contributed by atoms with Crippen LogP contribution >= 0.6 is 0 Å². The lowest BCUT2D eigenvalue weighted by Crippen LogP contribution is -2.22. The Hall–Kier alpha value is -1.96. The lowest BCUT2D eigenvalue weighted by Gasteiger charge is -2.20. The average molecular weight is 253 g/mol. The Morgan fingerprint density at radius 1 is 0.947 bits per heavy atom. The van der Waals surface area contributed by atoms with Crippen molar-refractivity contribution >= 4 is 5.69 Å². The van der Waals surface area contributed by atoms with Gasteiger partial charge in [0, 0.05) is 5.56 Å². The van der Waals surface area contributed by atoms with E-state index >= 15 is 0 Å². The predicted molar refractivity (Wildman–Crippen MR) is 79.3 cm³/mol. The smallest absolute Gasteiger partial charge is 0.137 e. The van der Waals surface area contributed by atoms with Crippen LogP contribution in [0.3, 0.4) is 0 Å². The molecular weight excluding hydrogens is 232 g/mol. The van der Waals surface area contributed by atoms with Crippen molar-refractivity contribution in [1.29, 1.82) is 0 Å². The Kier molecular flexibility index (Phi) is 3.52. The van der Waals surface area contributed by atoms with Crippen molar-refractivity contribution in [2.45, 2.75) is 33.1 Å². The minimum absolute atomic E-state index is 0.116. The van der Waals surface area contributed by atoms with Crippen LogP contribution in [0.2, 0.25) is 0 Å². The molecule has 98 valence electrons. The van der Waals surface area contributed by atoms with Gasteiger partial charge in [0.05, 0.1) is 0 Å². The highest BCUT2D eigenvalue weighted by Gasteiger charge is 2.17. The molecule has 2 aromatic rings. The number of nitrogens with two attached hydrogens (primary N) is 1. The fraction of sp³-hybridized carbons (Fsp3) is 0.294. The Labute approximate surface area is 115 Å². The van der Waals surface area contributed by atoms with Crippen LogP contribution in [0.4, 0.5) is 5.69 Å². The van der Waals surface area contributed by atoms with E-state index in [1.54, 1.807) is 0 Å². The first-order valence-electron chi connectivity index (χ1n) is 6.55. The van der Waals surface area contributed by atoms with Crippen LogP contribution in [0.5, 0.6) is 0 Å². The Balaban J connectivity index is 2.67. The van der Waals surface area contributed by atoms with Gasteiger partial charge in [-0.3, -0.25) is 0 Å². The minimum atomic E-state index is 0.116. The summed E-state index contributed by atoms with van der Waals surface area (Å²) in [4.78, 5) is 0. The third-order valence-electron chi connectivity index (χ3n) is 3.44. The molecule has 2 rings (SSSR count). The van der Waals surface area contributed by atoms with Crippen LogP contribution in [-0.4, -0.2) is 0 Å². The quantitative estimate of drug-likeness (QED) is 0.791. The van der Waals surface area contributed by atoms with E-state index in [-0.39, 0.29) is 5.41 Å². The summed E-state index contributed by atoms with van der Waals surface area (Å²) in [5.74, 6) is 0. The average Bonchev–Trinajstić information content (AvgIpc) is 2.37. The first kappa shape index (κ1) is 13.5. The van der Waals surface area contributed by atoms with Crippen molar-refractivity contribution in [3.05, 3.63) is 53.6 Å². The van der Waals surface area contributed by atoms with Gasteiger partial charge >= 0.3 is 0 Å². The molecule has 0 aliphatic heterocycles. The van der Waals surface area contributed by atoms with E-state index in [9.17, 15) is 0 Å². The van der Waals surface area contributed by atoms with Gasteiger partial charge in [0.2, 0.25) is 0 Å². The molecule has 0 saturated carbocycles. The van der Waals surface area contributed by atoms with E-state index < -0.39 is 0 Å². The van der Waals surface area contributed by atoms with E-state index in [2.05, 4.69) is 57.1 Å². The number of nitrogens with zero attached hydrogens (tertiary/aromatic N) is 1. The van der Waals surface area contributed by atoms with Crippen molar-refractivity contribution in [3.8, 4) is 11.1 Å². The zero-order chi connectivity index (χ0) is 14.0. The Bertz CT molecular complexity index is 607. The molecule has 2 aromatic carbocycles. The number of hydrogen-bond acceptors (Lipinski definition) is 1. The molecule has 0 fully saturated rings. The van der Waals surface area contributed by atoms with Gasteiger partial charge in [0.25, 0.3) is 0 Å². The van der Waals surface area contributed by atoms with Crippen molar-refractivity contribution < 1.29 is 5.53 Å². The van der Waals surface area contributed by atoms with Crippen molar-refractivity contribution in [1.82, 2.24) is 0 Å². The molecular formula is C17H21N2+. The molecule has 0 spiro atoms. The fourth-order valence-corrected chi connectivity index (χ4v) is 2.21. The summed E-state index contributed by atoms with van der Waals surface area (Å²) in [5.41, 5.74) is 11.3. The molecule has 2 nitrogen and oxygen atoms in total. The maximum Gasteiger partial charge on any atom is 0.137 e. The van der Waals surface area contributed by atoms with Gasteiger partial charge < -0.3 is 0 Å². The third-order valence-corrected chi connectivity index (χ3v) is 3.44. The Morgan fingerprint density at radius 2 is 1.63 bits per heavy atom. The van der Waals surface area contributed by atoms with Crippen molar-refractivity contribution in [2.75, 3.05) is 0 Å². The number of benzene rings is 2. The van der Waals surface area contributed by atoms with Gasteiger partial charge in [0.15, 0.2) is 0 Å². The Morgan fingerprint density at radius 3 is 2.21 bits per heavy atom. The summed E-state index contributed by atoms with van der Waals surface area (Å²) in [7, 11) is 0. The first-order chi connectivity index (χ1) is 8.93. The molecule has 0 atom stereocenters. The SMILES string of the molecule is Cc1ccccc1-c1cc(C(C)(C)C)ccc1N=[NH2+].